The van der Waals surface area contributed by atoms with Crippen LogP contribution in [0.25, 0.3) is 0 Å². The zero-order valence-electron chi connectivity index (χ0n) is 14.2. The molecule has 0 saturated heterocycles. The largest absolute Gasteiger partial charge is 0.464 e. The van der Waals surface area contributed by atoms with Crippen LogP contribution in [0.2, 0.25) is 0 Å². The second-order valence-electron chi connectivity index (χ2n) is 5.79. The van der Waals surface area contributed by atoms with Crippen LogP contribution in [0.4, 0.5) is 0 Å². The molecule has 0 saturated carbocycles. The standard InChI is InChI=1S/C17H33NO3S/c1-3-4-5-6-7-8-9-10-11-12-13-21-17(20)16(14-22)18-15(2)19/h16,22H,3-14H2,1-2H3,(H,18,19)/t16-/m0/s1. The molecular weight excluding hydrogens is 298 g/mol. The van der Waals surface area contributed by atoms with Crippen molar-refractivity contribution in [3.63, 3.8) is 0 Å². The van der Waals surface area contributed by atoms with Gasteiger partial charge in [0.05, 0.1) is 6.61 Å². The Morgan fingerprint density at radius 3 is 1.91 bits per heavy atom. The maximum atomic E-state index is 11.7. The highest BCUT2D eigenvalue weighted by molar-refractivity contribution is 7.80. The van der Waals surface area contributed by atoms with Gasteiger partial charge in [-0.1, -0.05) is 64.7 Å². The SMILES string of the molecule is CCCCCCCCCCCCOC(=O)[C@H](CS)NC(C)=O. The Kier molecular flexibility index (Phi) is 14.7. The van der Waals surface area contributed by atoms with E-state index in [-0.39, 0.29) is 17.6 Å². The molecule has 1 N–H and O–H groups in total. The average molecular weight is 332 g/mol. The molecule has 130 valence electrons. The molecule has 0 aromatic rings. The third-order valence-electron chi connectivity index (χ3n) is 3.59. The second kappa shape index (κ2) is 15.2. The van der Waals surface area contributed by atoms with E-state index in [1.54, 1.807) is 0 Å². The molecule has 0 aliphatic rings. The number of carbonyl (C=O) groups is 2. The van der Waals surface area contributed by atoms with Crippen LogP contribution < -0.4 is 5.32 Å². The molecular formula is C17H33NO3S. The van der Waals surface area contributed by atoms with Gasteiger partial charge in [0.1, 0.15) is 6.04 Å². The van der Waals surface area contributed by atoms with E-state index in [4.69, 9.17) is 4.74 Å². The third kappa shape index (κ3) is 13.0. The van der Waals surface area contributed by atoms with E-state index in [1.807, 2.05) is 0 Å². The number of thiol groups is 1. The molecule has 5 heteroatoms. The van der Waals surface area contributed by atoms with Crippen LogP contribution in [-0.4, -0.2) is 30.3 Å². The lowest BCUT2D eigenvalue weighted by Crippen LogP contribution is -2.42. The Bertz CT molecular complexity index is 298. The van der Waals surface area contributed by atoms with Gasteiger partial charge in [0.2, 0.25) is 5.91 Å². The smallest absolute Gasteiger partial charge is 0.329 e. The Labute approximate surface area is 141 Å². The topological polar surface area (TPSA) is 55.4 Å². The Morgan fingerprint density at radius 2 is 1.45 bits per heavy atom. The first kappa shape index (κ1) is 21.3. The Morgan fingerprint density at radius 1 is 0.955 bits per heavy atom. The molecule has 0 aliphatic carbocycles. The van der Waals surface area contributed by atoms with E-state index in [0.717, 1.165) is 12.8 Å². The maximum Gasteiger partial charge on any atom is 0.329 e. The normalized spacial score (nSPS) is 12.0. The Balaban J connectivity index is 3.41. The van der Waals surface area contributed by atoms with Crippen molar-refractivity contribution in [3.8, 4) is 0 Å². The lowest BCUT2D eigenvalue weighted by molar-refractivity contribution is -0.147. The van der Waals surface area contributed by atoms with Crippen molar-refractivity contribution >= 4 is 24.5 Å². The molecule has 0 aromatic carbocycles. The molecule has 1 amide bonds. The minimum atomic E-state index is -0.635. The number of hydrogen-bond donors (Lipinski definition) is 2. The number of nitrogens with one attached hydrogen (secondary N) is 1. The molecule has 0 bridgehead atoms. The quantitative estimate of drug-likeness (QED) is 0.288. The minimum Gasteiger partial charge on any atom is -0.464 e. The third-order valence-corrected chi connectivity index (χ3v) is 3.95. The van der Waals surface area contributed by atoms with Crippen LogP contribution >= 0.6 is 12.6 Å². The molecule has 4 nitrogen and oxygen atoms in total. The van der Waals surface area contributed by atoms with Crippen LogP contribution in [0.5, 0.6) is 0 Å². The highest BCUT2D eigenvalue weighted by atomic mass is 32.1. The zero-order valence-corrected chi connectivity index (χ0v) is 15.1. The van der Waals surface area contributed by atoms with Crippen LogP contribution in [0.15, 0.2) is 0 Å². The van der Waals surface area contributed by atoms with Gasteiger partial charge < -0.3 is 10.1 Å². The predicted octanol–water partition coefficient (Wildman–Crippen LogP) is 3.89. The van der Waals surface area contributed by atoms with Crippen LogP contribution in [0.1, 0.15) is 78.1 Å². The summed E-state index contributed by atoms with van der Waals surface area (Å²) >= 11 is 4.05. The number of amides is 1. The fraction of sp³-hybridized carbons (Fsp3) is 0.882. The van der Waals surface area contributed by atoms with E-state index < -0.39 is 6.04 Å². The molecule has 0 heterocycles. The van der Waals surface area contributed by atoms with E-state index in [9.17, 15) is 9.59 Å². The van der Waals surface area contributed by atoms with Gasteiger partial charge in [0.15, 0.2) is 0 Å². The molecule has 0 aliphatic heterocycles. The van der Waals surface area contributed by atoms with Crippen LogP contribution in [0, 0.1) is 0 Å². The summed E-state index contributed by atoms with van der Waals surface area (Å²) in [5.74, 6) is -0.368. The van der Waals surface area contributed by atoms with E-state index >= 15 is 0 Å². The summed E-state index contributed by atoms with van der Waals surface area (Å²) < 4.78 is 5.17. The number of hydrogen-bond acceptors (Lipinski definition) is 4. The molecule has 0 aromatic heterocycles. The van der Waals surface area contributed by atoms with Gasteiger partial charge in [-0.05, 0) is 6.42 Å². The first-order valence-corrected chi connectivity index (χ1v) is 9.29. The van der Waals surface area contributed by atoms with Crippen molar-refractivity contribution in [2.75, 3.05) is 12.4 Å². The highest BCUT2D eigenvalue weighted by Crippen LogP contribution is 2.10. The Hall–Kier alpha value is -0.710. The summed E-state index contributed by atoms with van der Waals surface area (Å²) in [4.78, 5) is 22.6. The van der Waals surface area contributed by atoms with Gasteiger partial charge in [0, 0.05) is 12.7 Å². The number of ether oxygens (including phenoxy) is 1. The number of rotatable bonds is 14. The maximum absolute atomic E-state index is 11.7. The van der Waals surface area contributed by atoms with Gasteiger partial charge in [-0.25, -0.2) is 4.79 Å². The van der Waals surface area contributed by atoms with Gasteiger partial charge >= 0.3 is 5.97 Å². The monoisotopic (exact) mass is 331 g/mol. The summed E-state index contributed by atoms with van der Waals surface area (Å²) in [6.45, 7) is 4.05. The van der Waals surface area contributed by atoms with Crippen LogP contribution in [0.3, 0.4) is 0 Å². The van der Waals surface area contributed by atoms with Crippen molar-refractivity contribution in [1.29, 1.82) is 0 Å². The fourth-order valence-electron chi connectivity index (χ4n) is 2.29. The summed E-state index contributed by atoms with van der Waals surface area (Å²) in [6, 6.07) is -0.635. The van der Waals surface area contributed by atoms with Gasteiger partial charge in [0.25, 0.3) is 0 Å². The van der Waals surface area contributed by atoms with E-state index in [1.165, 1.54) is 58.3 Å². The summed E-state index contributed by atoms with van der Waals surface area (Å²) in [5, 5.41) is 2.53. The molecule has 1 atom stereocenters. The molecule has 0 radical (unpaired) electrons. The first-order chi connectivity index (χ1) is 10.6. The van der Waals surface area contributed by atoms with Gasteiger partial charge in [-0.15, -0.1) is 0 Å². The second-order valence-corrected chi connectivity index (χ2v) is 6.15. The van der Waals surface area contributed by atoms with Crippen molar-refractivity contribution in [2.24, 2.45) is 0 Å². The molecule has 0 fully saturated rings. The molecule has 22 heavy (non-hydrogen) atoms. The number of unbranched alkanes of at least 4 members (excludes halogenated alkanes) is 9. The van der Waals surface area contributed by atoms with Crippen molar-refractivity contribution in [1.82, 2.24) is 5.32 Å². The fourth-order valence-corrected chi connectivity index (χ4v) is 2.53. The van der Waals surface area contributed by atoms with Crippen molar-refractivity contribution in [3.05, 3.63) is 0 Å². The highest BCUT2D eigenvalue weighted by Gasteiger charge is 2.18. The summed E-state index contributed by atoms with van der Waals surface area (Å²) in [5.41, 5.74) is 0. The zero-order chi connectivity index (χ0) is 16.6. The van der Waals surface area contributed by atoms with Crippen molar-refractivity contribution < 1.29 is 14.3 Å². The summed E-state index contributed by atoms with van der Waals surface area (Å²) in [7, 11) is 0. The average Bonchev–Trinajstić information content (AvgIpc) is 2.49. The predicted molar refractivity (Wildman–Crippen MR) is 94.3 cm³/mol. The van der Waals surface area contributed by atoms with Crippen molar-refractivity contribution in [2.45, 2.75) is 84.1 Å². The minimum absolute atomic E-state index is 0.241. The van der Waals surface area contributed by atoms with Gasteiger partial charge in [-0.3, -0.25) is 4.79 Å². The lowest BCUT2D eigenvalue weighted by Gasteiger charge is -2.14. The van der Waals surface area contributed by atoms with E-state index in [2.05, 4.69) is 24.9 Å². The lowest BCUT2D eigenvalue weighted by atomic mass is 10.1. The van der Waals surface area contributed by atoms with E-state index in [0.29, 0.717) is 6.61 Å². The molecule has 0 rings (SSSR count). The number of esters is 1. The summed E-state index contributed by atoms with van der Waals surface area (Å²) in [6.07, 6.45) is 12.5. The molecule has 0 unspecified atom stereocenters. The van der Waals surface area contributed by atoms with Crippen LogP contribution in [-0.2, 0) is 14.3 Å². The van der Waals surface area contributed by atoms with Gasteiger partial charge in [-0.2, -0.15) is 12.6 Å². The first-order valence-electron chi connectivity index (χ1n) is 8.66. The molecule has 0 spiro atoms. The number of carbonyl (C=O) groups excluding carboxylic acids is 2.